The Morgan fingerprint density at radius 2 is 1.77 bits per heavy atom. The van der Waals surface area contributed by atoms with Crippen molar-refractivity contribution in [1.82, 2.24) is 0 Å². The fourth-order valence-corrected chi connectivity index (χ4v) is 0.711. The third-order valence-electron chi connectivity index (χ3n) is 1.30. The number of unbranched alkanes of at least 4 members (excludes halogenated alkanes) is 2. The summed E-state index contributed by atoms with van der Waals surface area (Å²) in [6.07, 6.45) is 5.45. The van der Waals surface area contributed by atoms with Gasteiger partial charge in [0.2, 0.25) is 0 Å². The average Bonchev–Trinajstić information content (AvgIpc) is 2.03. The first kappa shape index (κ1) is 19.7. The monoisotopic (exact) mass is 262 g/mol. The van der Waals surface area contributed by atoms with Crippen LogP contribution in [0.2, 0.25) is 0 Å². The molecule has 0 unspecified atom stereocenters. The van der Waals surface area contributed by atoms with Crippen LogP contribution < -0.4 is 17.0 Å². The van der Waals surface area contributed by atoms with Gasteiger partial charge in [-0.2, -0.15) is 13.3 Å². The molecule has 13 heavy (non-hydrogen) atoms. The van der Waals surface area contributed by atoms with Gasteiger partial charge in [-0.15, -0.1) is 0 Å². The van der Waals surface area contributed by atoms with Crippen LogP contribution in [0.4, 0.5) is 0 Å². The van der Waals surface area contributed by atoms with Crippen molar-refractivity contribution in [3.8, 4) is 0 Å². The quantitative estimate of drug-likeness (QED) is 0.242. The minimum atomic E-state index is 0. The van der Waals surface area contributed by atoms with Gasteiger partial charge < -0.3 is 32.9 Å². The van der Waals surface area contributed by atoms with Crippen molar-refractivity contribution < 1.29 is 26.5 Å². The molecule has 0 heterocycles. The number of ether oxygens (including phenoxy) is 2. The summed E-state index contributed by atoms with van der Waals surface area (Å²) in [6, 6.07) is 0. The van der Waals surface area contributed by atoms with E-state index in [1.165, 1.54) is 0 Å². The average molecular weight is 263 g/mol. The maximum Gasteiger partial charge on any atom is 2.00 e. The Morgan fingerprint density at radius 1 is 1.15 bits per heavy atom. The Kier molecular flexibility index (Phi) is 28.6. The molecule has 0 aliphatic rings. The van der Waals surface area contributed by atoms with Crippen LogP contribution in [-0.2, 0) is 9.47 Å². The first-order chi connectivity index (χ1) is 5.41. The Balaban J connectivity index is -0.000000500. The summed E-state index contributed by atoms with van der Waals surface area (Å²) in [5, 5.41) is 0. The number of hydrogen-bond donors (Lipinski definition) is 0. The van der Waals surface area contributed by atoms with Crippen molar-refractivity contribution in [1.29, 1.82) is 0 Å². The second-order valence-corrected chi connectivity index (χ2v) is 2.48. The van der Waals surface area contributed by atoms with E-state index in [-0.39, 0.29) is 40.0 Å². The smallest absolute Gasteiger partial charge is 1.00 e. The minimum Gasteiger partial charge on any atom is -1.00 e. The molecule has 76 valence electrons. The molecule has 0 rings (SSSR count). The fraction of sp³-hybridized carbons (Fsp3) is 0.889. The van der Waals surface area contributed by atoms with E-state index >= 15 is 0 Å². The van der Waals surface area contributed by atoms with Crippen molar-refractivity contribution in [2.75, 3.05) is 20.0 Å². The standard InChI is InChI=1S/C9H19O2.BrH.Mg/c1-3-5-6-8-11-9-10-7-4-2;;/h3H,4-9H2,1-2H3;1H;/q-1;;+2/p-1. The molecule has 0 radical (unpaired) electrons. The topological polar surface area (TPSA) is 18.5 Å². The van der Waals surface area contributed by atoms with E-state index in [9.17, 15) is 0 Å². The Bertz CT molecular complexity index is 66.6. The zero-order valence-corrected chi connectivity index (χ0v) is 11.7. The Labute approximate surface area is 109 Å². The van der Waals surface area contributed by atoms with Gasteiger partial charge in [0.05, 0.1) is 0 Å². The number of halogens is 1. The van der Waals surface area contributed by atoms with Crippen molar-refractivity contribution in [2.45, 2.75) is 33.1 Å². The Morgan fingerprint density at radius 3 is 2.31 bits per heavy atom. The van der Waals surface area contributed by atoms with Gasteiger partial charge in [-0.05, 0) is 6.42 Å². The maximum absolute atomic E-state index is 5.20. The second-order valence-electron chi connectivity index (χ2n) is 2.48. The van der Waals surface area contributed by atoms with E-state index in [1.807, 2.05) is 0 Å². The molecule has 0 aromatic heterocycles. The summed E-state index contributed by atoms with van der Waals surface area (Å²) >= 11 is 0. The van der Waals surface area contributed by atoms with Crippen LogP contribution in [0.3, 0.4) is 0 Å². The molecule has 0 N–H and O–H groups in total. The van der Waals surface area contributed by atoms with Crippen LogP contribution in [0.15, 0.2) is 0 Å². The summed E-state index contributed by atoms with van der Waals surface area (Å²) < 4.78 is 10.3. The predicted molar refractivity (Wildman–Crippen MR) is 52.0 cm³/mol. The Hall–Kier alpha value is 1.17. The molecule has 0 saturated carbocycles. The van der Waals surface area contributed by atoms with Crippen LogP contribution in [0.5, 0.6) is 0 Å². The molecule has 2 nitrogen and oxygen atoms in total. The molecule has 0 fully saturated rings. The van der Waals surface area contributed by atoms with Crippen LogP contribution in [0.1, 0.15) is 33.1 Å². The van der Waals surface area contributed by atoms with Gasteiger partial charge in [0.15, 0.2) is 0 Å². The first-order valence-electron chi connectivity index (χ1n) is 4.35. The van der Waals surface area contributed by atoms with Crippen LogP contribution in [0, 0.1) is 6.42 Å². The molecule has 0 aromatic rings. The van der Waals surface area contributed by atoms with E-state index < -0.39 is 0 Å². The normalized spacial score (nSPS) is 8.77. The fourth-order valence-electron chi connectivity index (χ4n) is 0.711. The van der Waals surface area contributed by atoms with Gasteiger partial charge >= 0.3 is 23.1 Å². The zero-order valence-electron chi connectivity index (χ0n) is 8.72. The molecule has 0 spiro atoms. The van der Waals surface area contributed by atoms with Crippen molar-refractivity contribution in [2.24, 2.45) is 0 Å². The molecular formula is C9H19BrMgO2. The summed E-state index contributed by atoms with van der Waals surface area (Å²) in [5.74, 6) is 0. The molecule has 0 saturated heterocycles. The maximum atomic E-state index is 5.20. The van der Waals surface area contributed by atoms with Crippen molar-refractivity contribution >= 4 is 23.1 Å². The van der Waals surface area contributed by atoms with E-state index in [0.29, 0.717) is 6.79 Å². The van der Waals surface area contributed by atoms with E-state index in [4.69, 9.17) is 9.47 Å². The van der Waals surface area contributed by atoms with Crippen LogP contribution in [0.25, 0.3) is 0 Å². The first-order valence-corrected chi connectivity index (χ1v) is 4.35. The largest absolute Gasteiger partial charge is 2.00 e. The van der Waals surface area contributed by atoms with Crippen molar-refractivity contribution in [3.05, 3.63) is 6.42 Å². The van der Waals surface area contributed by atoms with Gasteiger partial charge in [-0.25, -0.2) is 0 Å². The molecule has 4 heteroatoms. The molecule has 0 aliphatic heterocycles. The summed E-state index contributed by atoms with van der Waals surface area (Å²) in [4.78, 5) is 0. The van der Waals surface area contributed by atoms with E-state index in [0.717, 1.165) is 32.5 Å². The van der Waals surface area contributed by atoms with Gasteiger partial charge in [0.1, 0.15) is 6.79 Å². The van der Waals surface area contributed by atoms with Crippen LogP contribution >= 0.6 is 0 Å². The van der Waals surface area contributed by atoms with E-state index in [2.05, 4.69) is 20.3 Å². The van der Waals surface area contributed by atoms with Gasteiger partial charge in [-0.3, -0.25) is 0 Å². The predicted octanol–water partition coefficient (Wildman–Crippen LogP) is -0.985. The molecular weight excluding hydrogens is 244 g/mol. The third kappa shape index (κ3) is 19.5. The second kappa shape index (κ2) is 18.9. The number of rotatable bonds is 8. The minimum absolute atomic E-state index is 0. The van der Waals surface area contributed by atoms with Gasteiger partial charge in [0, 0.05) is 13.2 Å². The molecule has 0 amide bonds. The molecule has 0 aromatic carbocycles. The SMILES string of the molecule is C[CH-]CCCOCOCCC.[Br-].[Mg+2]. The van der Waals surface area contributed by atoms with Crippen LogP contribution in [-0.4, -0.2) is 43.1 Å². The molecule has 0 atom stereocenters. The molecule has 0 aliphatic carbocycles. The zero-order chi connectivity index (χ0) is 8.36. The summed E-state index contributed by atoms with van der Waals surface area (Å²) in [7, 11) is 0. The van der Waals surface area contributed by atoms with Gasteiger partial charge in [0.25, 0.3) is 0 Å². The third-order valence-corrected chi connectivity index (χ3v) is 1.30. The van der Waals surface area contributed by atoms with Crippen molar-refractivity contribution in [3.63, 3.8) is 0 Å². The van der Waals surface area contributed by atoms with E-state index in [1.54, 1.807) is 0 Å². The molecule has 0 bridgehead atoms. The van der Waals surface area contributed by atoms with Gasteiger partial charge in [-0.1, -0.05) is 13.3 Å². The summed E-state index contributed by atoms with van der Waals surface area (Å²) in [5.41, 5.74) is 0. The summed E-state index contributed by atoms with van der Waals surface area (Å²) in [6.45, 7) is 6.23. The number of hydrogen-bond acceptors (Lipinski definition) is 2.